The van der Waals surface area contributed by atoms with Gasteiger partial charge in [0.15, 0.2) is 0 Å². The van der Waals surface area contributed by atoms with Gasteiger partial charge in [-0.3, -0.25) is 4.90 Å². The predicted octanol–water partition coefficient (Wildman–Crippen LogP) is 6.65. The van der Waals surface area contributed by atoms with Crippen LogP contribution in [0.25, 0.3) is 17.0 Å². The Morgan fingerprint density at radius 3 is 2.49 bits per heavy atom. The maximum Gasteiger partial charge on any atom is 0.322 e. The summed E-state index contributed by atoms with van der Waals surface area (Å²) in [6.45, 7) is 4.39. The number of halogens is 1. The minimum Gasteiger partial charge on any atom is -0.334 e. The van der Waals surface area contributed by atoms with Gasteiger partial charge in [0.2, 0.25) is 5.82 Å². The number of allylic oxidation sites excluding steroid dienone is 1. The summed E-state index contributed by atoms with van der Waals surface area (Å²) >= 11 is 6.18. The lowest BCUT2D eigenvalue weighted by molar-refractivity contribution is 0.203. The first-order chi connectivity index (χ1) is 17.0. The minimum absolute atomic E-state index is 0.196. The Labute approximate surface area is 209 Å². The van der Waals surface area contributed by atoms with E-state index >= 15 is 0 Å². The van der Waals surface area contributed by atoms with Gasteiger partial charge in [-0.05, 0) is 42.2 Å². The third-order valence-electron chi connectivity index (χ3n) is 6.24. The van der Waals surface area contributed by atoms with Gasteiger partial charge in [0.1, 0.15) is 0 Å². The standard InChI is InChI=1S/C28H25ClN4O2/c1-3-19-12-14-21(15-13-19)25-24(27-31-26(32-35-27)22-9-5-4-6-10-22)18(2)33(28(34)30-25)17-20-8-7-11-23(29)16-20/h4-16,25H,3,17H2,1-2H3,(H,30,34). The molecule has 0 spiro atoms. The number of rotatable bonds is 6. The molecule has 0 fully saturated rings. The Kier molecular flexibility index (Phi) is 6.38. The van der Waals surface area contributed by atoms with E-state index in [9.17, 15) is 4.79 Å². The highest BCUT2D eigenvalue weighted by molar-refractivity contribution is 6.30. The minimum atomic E-state index is -0.423. The molecule has 4 aromatic rings. The Hall–Kier alpha value is -3.90. The number of nitrogens with one attached hydrogen (secondary N) is 1. The van der Waals surface area contributed by atoms with Gasteiger partial charge in [0.25, 0.3) is 5.89 Å². The van der Waals surface area contributed by atoms with Crippen LogP contribution in [0, 0.1) is 0 Å². The van der Waals surface area contributed by atoms with E-state index in [1.54, 1.807) is 4.90 Å². The van der Waals surface area contributed by atoms with Crippen LogP contribution in [0.5, 0.6) is 0 Å². The summed E-state index contributed by atoms with van der Waals surface area (Å²) in [6.07, 6.45) is 0.941. The Bertz CT molecular complexity index is 1380. The van der Waals surface area contributed by atoms with Crippen molar-refractivity contribution in [3.63, 3.8) is 0 Å². The Balaban J connectivity index is 1.59. The molecule has 6 nitrogen and oxygen atoms in total. The van der Waals surface area contributed by atoms with Crippen LogP contribution in [0.3, 0.4) is 0 Å². The third kappa shape index (κ3) is 4.70. The van der Waals surface area contributed by atoms with Crippen LogP contribution in [0.15, 0.2) is 89.1 Å². The average Bonchev–Trinajstić information content (AvgIpc) is 3.37. The van der Waals surface area contributed by atoms with E-state index in [2.05, 4.69) is 29.5 Å². The highest BCUT2D eigenvalue weighted by Crippen LogP contribution is 2.38. The molecule has 0 radical (unpaired) electrons. The molecule has 5 rings (SSSR count). The second-order valence-electron chi connectivity index (χ2n) is 8.48. The highest BCUT2D eigenvalue weighted by atomic mass is 35.5. The SMILES string of the molecule is CCc1ccc(C2NC(=O)N(Cc3cccc(Cl)c3)C(C)=C2c2nc(-c3ccccc3)no2)cc1. The van der Waals surface area contributed by atoms with E-state index in [0.29, 0.717) is 23.3 Å². The predicted molar refractivity (Wildman–Crippen MR) is 136 cm³/mol. The zero-order valence-electron chi connectivity index (χ0n) is 19.5. The van der Waals surface area contributed by atoms with E-state index in [1.807, 2.05) is 73.7 Å². The fraction of sp³-hybridized carbons (Fsp3) is 0.179. The van der Waals surface area contributed by atoms with Crippen molar-refractivity contribution in [3.8, 4) is 11.4 Å². The van der Waals surface area contributed by atoms with E-state index < -0.39 is 6.04 Å². The molecule has 0 aliphatic carbocycles. The second-order valence-corrected chi connectivity index (χ2v) is 8.92. The van der Waals surface area contributed by atoms with Crippen molar-refractivity contribution in [1.82, 2.24) is 20.4 Å². The topological polar surface area (TPSA) is 71.3 Å². The van der Waals surface area contributed by atoms with Crippen LogP contribution in [0.4, 0.5) is 4.79 Å². The number of nitrogens with zero attached hydrogens (tertiary/aromatic N) is 3. The molecule has 0 bridgehead atoms. The van der Waals surface area contributed by atoms with Crippen molar-refractivity contribution in [1.29, 1.82) is 0 Å². The second kappa shape index (κ2) is 9.76. The third-order valence-corrected chi connectivity index (χ3v) is 6.47. The van der Waals surface area contributed by atoms with Crippen molar-refractivity contribution >= 4 is 23.2 Å². The normalized spacial score (nSPS) is 15.9. The Morgan fingerprint density at radius 2 is 1.77 bits per heavy atom. The van der Waals surface area contributed by atoms with E-state index in [-0.39, 0.29) is 6.03 Å². The molecular formula is C28H25ClN4O2. The lowest BCUT2D eigenvalue weighted by Gasteiger charge is -2.35. The zero-order chi connectivity index (χ0) is 24.4. The van der Waals surface area contributed by atoms with Gasteiger partial charge >= 0.3 is 6.03 Å². The number of benzene rings is 3. The van der Waals surface area contributed by atoms with Crippen molar-refractivity contribution in [3.05, 3.63) is 112 Å². The molecule has 0 saturated heterocycles. The van der Waals surface area contributed by atoms with Crippen LogP contribution < -0.4 is 5.32 Å². The highest BCUT2D eigenvalue weighted by Gasteiger charge is 2.35. The van der Waals surface area contributed by atoms with Gasteiger partial charge in [-0.1, -0.05) is 90.4 Å². The molecule has 35 heavy (non-hydrogen) atoms. The van der Waals surface area contributed by atoms with Gasteiger partial charge in [0, 0.05) is 16.3 Å². The van der Waals surface area contributed by atoms with Crippen molar-refractivity contribution in [2.24, 2.45) is 0 Å². The molecule has 7 heteroatoms. The van der Waals surface area contributed by atoms with Crippen LogP contribution in [0.2, 0.25) is 5.02 Å². The van der Waals surface area contributed by atoms with E-state index in [1.165, 1.54) is 5.56 Å². The molecular weight excluding hydrogens is 460 g/mol. The molecule has 1 aromatic heterocycles. The number of carbonyl (C=O) groups is 1. The monoisotopic (exact) mass is 484 g/mol. The van der Waals surface area contributed by atoms with Gasteiger partial charge in [-0.2, -0.15) is 4.98 Å². The molecule has 1 unspecified atom stereocenters. The van der Waals surface area contributed by atoms with Crippen LogP contribution in [-0.4, -0.2) is 21.1 Å². The number of aromatic nitrogens is 2. The lowest BCUT2D eigenvalue weighted by atomic mass is 9.93. The molecule has 1 aliphatic heterocycles. The summed E-state index contributed by atoms with van der Waals surface area (Å²) in [6, 6.07) is 24.8. The average molecular weight is 485 g/mol. The summed E-state index contributed by atoms with van der Waals surface area (Å²) in [7, 11) is 0. The number of urea groups is 1. The smallest absolute Gasteiger partial charge is 0.322 e. The fourth-order valence-electron chi connectivity index (χ4n) is 4.30. The van der Waals surface area contributed by atoms with Gasteiger partial charge < -0.3 is 9.84 Å². The summed E-state index contributed by atoms with van der Waals surface area (Å²) in [5.74, 6) is 0.876. The molecule has 1 N–H and O–H groups in total. The molecule has 2 amide bonds. The maximum absolute atomic E-state index is 13.3. The zero-order valence-corrected chi connectivity index (χ0v) is 20.3. The molecule has 1 atom stereocenters. The number of carbonyl (C=O) groups excluding carboxylic acids is 1. The maximum atomic E-state index is 13.3. The summed E-state index contributed by atoms with van der Waals surface area (Å²) < 4.78 is 5.76. The number of hydrogen-bond acceptors (Lipinski definition) is 4. The first-order valence-electron chi connectivity index (χ1n) is 11.5. The fourth-order valence-corrected chi connectivity index (χ4v) is 4.51. The quantitative estimate of drug-likeness (QED) is 0.332. The van der Waals surface area contributed by atoms with E-state index in [4.69, 9.17) is 21.1 Å². The largest absolute Gasteiger partial charge is 0.334 e. The van der Waals surface area contributed by atoms with Crippen molar-refractivity contribution in [2.75, 3.05) is 0 Å². The lowest BCUT2D eigenvalue weighted by Crippen LogP contribution is -2.45. The van der Waals surface area contributed by atoms with Gasteiger partial charge in [0.05, 0.1) is 18.2 Å². The van der Waals surface area contributed by atoms with Crippen molar-refractivity contribution in [2.45, 2.75) is 32.9 Å². The number of amides is 2. The van der Waals surface area contributed by atoms with E-state index in [0.717, 1.165) is 34.4 Å². The van der Waals surface area contributed by atoms with Gasteiger partial charge in [-0.25, -0.2) is 4.79 Å². The molecule has 3 aromatic carbocycles. The molecule has 0 saturated carbocycles. The summed E-state index contributed by atoms with van der Waals surface area (Å²) in [4.78, 5) is 19.7. The summed E-state index contributed by atoms with van der Waals surface area (Å²) in [5.41, 5.74) is 5.48. The molecule has 1 aliphatic rings. The summed E-state index contributed by atoms with van der Waals surface area (Å²) in [5, 5.41) is 8.00. The van der Waals surface area contributed by atoms with Gasteiger partial charge in [-0.15, -0.1) is 0 Å². The first-order valence-corrected chi connectivity index (χ1v) is 11.9. The first kappa shape index (κ1) is 22.9. The number of hydrogen-bond donors (Lipinski definition) is 1. The number of aryl methyl sites for hydroxylation is 1. The van der Waals surface area contributed by atoms with Crippen molar-refractivity contribution < 1.29 is 9.32 Å². The van der Waals surface area contributed by atoms with Crippen LogP contribution >= 0.6 is 11.6 Å². The van der Waals surface area contributed by atoms with Crippen LogP contribution in [0.1, 0.15) is 42.5 Å². The van der Waals surface area contributed by atoms with Crippen LogP contribution in [-0.2, 0) is 13.0 Å². The molecule has 2 heterocycles. The Morgan fingerprint density at radius 1 is 1.00 bits per heavy atom. The molecule has 176 valence electrons.